The second-order valence-corrected chi connectivity index (χ2v) is 8.01. The number of nitrogens with one attached hydrogen (secondary N) is 1. The first-order chi connectivity index (χ1) is 14.9. The maximum Gasteiger partial charge on any atom is 0.246 e. The molecule has 7 nitrogen and oxygen atoms in total. The van der Waals surface area contributed by atoms with Gasteiger partial charge < -0.3 is 19.7 Å². The summed E-state index contributed by atoms with van der Waals surface area (Å²) in [7, 11) is 3.36. The van der Waals surface area contributed by atoms with Crippen LogP contribution in [0, 0.1) is 5.92 Å². The summed E-state index contributed by atoms with van der Waals surface area (Å²) in [5.74, 6) is 2.14. The van der Waals surface area contributed by atoms with Crippen molar-refractivity contribution in [1.82, 2.24) is 9.88 Å². The summed E-state index contributed by atoms with van der Waals surface area (Å²) in [6.07, 6.45) is 6.02. The van der Waals surface area contributed by atoms with E-state index in [9.17, 15) is 9.59 Å². The molecule has 7 heteroatoms. The molecule has 0 saturated heterocycles. The Morgan fingerprint density at radius 2 is 2.13 bits per heavy atom. The predicted octanol–water partition coefficient (Wildman–Crippen LogP) is 3.68. The van der Waals surface area contributed by atoms with Crippen molar-refractivity contribution in [2.24, 2.45) is 5.92 Å². The zero-order chi connectivity index (χ0) is 22.4. The minimum atomic E-state index is -0.136. The molecule has 1 aromatic heterocycles. The summed E-state index contributed by atoms with van der Waals surface area (Å²) >= 11 is 0. The lowest BCUT2D eigenvalue weighted by molar-refractivity contribution is -0.125. The van der Waals surface area contributed by atoms with Crippen LogP contribution in [0.5, 0.6) is 11.5 Å². The Morgan fingerprint density at radius 3 is 2.87 bits per heavy atom. The average molecular weight is 424 g/mol. The minimum absolute atomic E-state index is 0.0191. The molecule has 0 fully saturated rings. The second kappa shape index (κ2) is 10.1. The normalized spacial score (nSPS) is 13.1. The lowest BCUT2D eigenvalue weighted by Gasteiger charge is -2.20. The molecule has 1 aromatic carbocycles. The van der Waals surface area contributed by atoms with E-state index in [4.69, 9.17) is 9.47 Å². The summed E-state index contributed by atoms with van der Waals surface area (Å²) in [4.78, 5) is 30.0. The Kier molecular flexibility index (Phi) is 7.28. The van der Waals surface area contributed by atoms with E-state index in [-0.39, 0.29) is 11.8 Å². The fourth-order valence-corrected chi connectivity index (χ4v) is 3.25. The van der Waals surface area contributed by atoms with Gasteiger partial charge in [0, 0.05) is 37.8 Å². The van der Waals surface area contributed by atoms with E-state index < -0.39 is 0 Å². The van der Waals surface area contributed by atoms with Crippen LogP contribution in [0.1, 0.15) is 37.0 Å². The van der Waals surface area contributed by atoms with Crippen molar-refractivity contribution in [3.8, 4) is 11.5 Å². The van der Waals surface area contributed by atoms with Crippen LogP contribution in [0.4, 0.5) is 5.82 Å². The Bertz CT molecular complexity index is 985. The Hall–Kier alpha value is -3.35. The third-order valence-corrected chi connectivity index (χ3v) is 4.91. The van der Waals surface area contributed by atoms with E-state index >= 15 is 0 Å². The zero-order valence-electron chi connectivity index (χ0n) is 18.5. The maximum absolute atomic E-state index is 12.7. The molecule has 0 saturated carbocycles. The van der Waals surface area contributed by atoms with Crippen LogP contribution in [0.25, 0.3) is 6.08 Å². The number of anilines is 1. The number of rotatable bonds is 8. The highest BCUT2D eigenvalue weighted by Gasteiger charge is 2.17. The van der Waals surface area contributed by atoms with Crippen LogP contribution < -0.4 is 14.8 Å². The molecule has 0 bridgehead atoms. The number of carbonyl (C=O) groups excluding carboxylic acids is 2. The topological polar surface area (TPSA) is 80.8 Å². The van der Waals surface area contributed by atoms with Crippen LogP contribution >= 0.6 is 0 Å². The molecule has 1 aliphatic rings. The molecule has 31 heavy (non-hydrogen) atoms. The van der Waals surface area contributed by atoms with Crippen molar-refractivity contribution in [2.75, 3.05) is 26.1 Å². The van der Waals surface area contributed by atoms with Crippen LogP contribution in [0.15, 0.2) is 36.5 Å². The largest absolute Gasteiger partial charge is 0.493 e. The monoisotopic (exact) mass is 423 g/mol. The van der Waals surface area contributed by atoms with Crippen LogP contribution in [0.2, 0.25) is 0 Å². The van der Waals surface area contributed by atoms with Crippen molar-refractivity contribution >= 4 is 23.7 Å². The van der Waals surface area contributed by atoms with Gasteiger partial charge >= 0.3 is 0 Å². The Morgan fingerprint density at radius 1 is 1.32 bits per heavy atom. The number of aromatic nitrogens is 1. The number of aryl methyl sites for hydroxylation is 1. The molecule has 2 amide bonds. The number of para-hydroxylation sites is 1. The highest BCUT2D eigenvalue weighted by atomic mass is 16.5. The van der Waals surface area contributed by atoms with Gasteiger partial charge in [0.05, 0.1) is 13.7 Å². The van der Waals surface area contributed by atoms with E-state index in [1.165, 1.54) is 6.08 Å². The van der Waals surface area contributed by atoms with Crippen LogP contribution in [-0.2, 0) is 22.6 Å². The molecule has 1 N–H and O–H groups in total. The number of ether oxygens (including phenoxy) is 2. The van der Waals surface area contributed by atoms with Crippen LogP contribution in [0.3, 0.4) is 0 Å². The summed E-state index contributed by atoms with van der Waals surface area (Å²) < 4.78 is 11.4. The van der Waals surface area contributed by atoms with Gasteiger partial charge in [-0.3, -0.25) is 9.59 Å². The van der Waals surface area contributed by atoms with Crippen molar-refractivity contribution in [2.45, 2.75) is 33.2 Å². The number of likely N-dealkylation sites (N-methyl/N-ethyl adjacent to an activating group) is 1. The molecule has 2 aromatic rings. The smallest absolute Gasteiger partial charge is 0.246 e. The number of fused-ring (bicyclic) bond motifs is 1. The summed E-state index contributed by atoms with van der Waals surface area (Å²) in [5.41, 5.74) is 2.68. The van der Waals surface area contributed by atoms with Gasteiger partial charge in [0.15, 0.2) is 11.5 Å². The number of nitrogens with zero attached hydrogens (tertiary/aromatic N) is 2. The van der Waals surface area contributed by atoms with Gasteiger partial charge in [-0.2, -0.15) is 0 Å². The van der Waals surface area contributed by atoms with Crippen LogP contribution in [-0.4, -0.2) is 42.5 Å². The first kappa shape index (κ1) is 22.3. The molecule has 0 radical (unpaired) electrons. The highest BCUT2D eigenvalue weighted by molar-refractivity contribution is 5.93. The van der Waals surface area contributed by atoms with Gasteiger partial charge in [-0.25, -0.2) is 4.98 Å². The third kappa shape index (κ3) is 5.84. The van der Waals surface area contributed by atoms with E-state index in [1.54, 1.807) is 31.3 Å². The minimum Gasteiger partial charge on any atom is -0.493 e. The zero-order valence-corrected chi connectivity index (χ0v) is 18.5. The number of hydrogen-bond acceptors (Lipinski definition) is 5. The average Bonchev–Trinajstić information content (AvgIpc) is 2.76. The fourth-order valence-electron chi connectivity index (χ4n) is 3.25. The molecule has 0 aliphatic carbocycles. The van der Waals surface area contributed by atoms with Gasteiger partial charge in [-0.1, -0.05) is 26.0 Å². The lowest BCUT2D eigenvalue weighted by Crippen LogP contribution is -2.24. The SMILES string of the molecule is COc1cccc(CN(C)C(=O)C=Cc2cnc3c(c2)CCC(=O)N3)c1OCC(C)C. The predicted molar refractivity (Wildman–Crippen MR) is 120 cm³/mol. The number of pyridine rings is 1. The molecular weight excluding hydrogens is 394 g/mol. The summed E-state index contributed by atoms with van der Waals surface area (Å²) in [6.45, 7) is 5.12. The fraction of sp³-hybridized carbons (Fsp3) is 0.375. The molecule has 0 spiro atoms. The first-order valence-corrected chi connectivity index (χ1v) is 10.4. The quantitative estimate of drug-likeness (QED) is 0.655. The summed E-state index contributed by atoms with van der Waals surface area (Å²) in [5, 5.41) is 2.76. The van der Waals surface area contributed by atoms with Crippen molar-refractivity contribution in [3.05, 3.63) is 53.2 Å². The Balaban J connectivity index is 1.69. The number of carbonyl (C=O) groups is 2. The first-order valence-electron chi connectivity index (χ1n) is 10.4. The molecule has 2 heterocycles. The molecule has 164 valence electrons. The molecule has 0 unspecified atom stereocenters. The van der Waals surface area contributed by atoms with Crippen molar-refractivity contribution in [3.63, 3.8) is 0 Å². The van der Waals surface area contributed by atoms with E-state index in [0.29, 0.717) is 49.2 Å². The number of methoxy groups -OCH3 is 1. The maximum atomic E-state index is 12.7. The standard InChI is InChI=1S/C24H29N3O4/c1-16(2)15-31-23-19(6-5-7-20(23)30-4)14-27(3)22(29)11-8-17-12-18-9-10-21(28)26-24(18)25-13-17/h5-8,11-13,16H,9-10,14-15H2,1-4H3,(H,25,26,28). The molecule has 3 rings (SSSR count). The van der Waals surface area contributed by atoms with Gasteiger partial charge in [-0.15, -0.1) is 0 Å². The number of benzene rings is 1. The van der Waals surface area contributed by atoms with Crippen molar-refractivity contribution < 1.29 is 19.1 Å². The molecule has 1 aliphatic heterocycles. The second-order valence-electron chi connectivity index (χ2n) is 8.01. The molecular formula is C24H29N3O4. The number of hydrogen-bond donors (Lipinski definition) is 1. The summed E-state index contributed by atoms with van der Waals surface area (Å²) in [6, 6.07) is 7.63. The Labute approximate surface area is 183 Å². The highest BCUT2D eigenvalue weighted by Crippen LogP contribution is 2.32. The van der Waals surface area contributed by atoms with Gasteiger partial charge in [0.1, 0.15) is 5.82 Å². The van der Waals surface area contributed by atoms with E-state index in [1.807, 2.05) is 24.3 Å². The number of amides is 2. The van der Waals surface area contributed by atoms with Gasteiger partial charge in [-0.05, 0) is 41.7 Å². The van der Waals surface area contributed by atoms with Gasteiger partial charge in [0.25, 0.3) is 0 Å². The third-order valence-electron chi connectivity index (χ3n) is 4.91. The van der Waals surface area contributed by atoms with Gasteiger partial charge in [0.2, 0.25) is 11.8 Å². The van der Waals surface area contributed by atoms with E-state index in [2.05, 4.69) is 24.1 Å². The van der Waals surface area contributed by atoms with Crippen molar-refractivity contribution in [1.29, 1.82) is 0 Å². The lowest BCUT2D eigenvalue weighted by atomic mass is 10.0. The van der Waals surface area contributed by atoms with E-state index in [0.717, 1.165) is 16.7 Å². The molecule has 0 atom stereocenters.